The van der Waals surface area contributed by atoms with Crippen LogP contribution in [-0.4, -0.2) is 97.5 Å². The van der Waals surface area contributed by atoms with Gasteiger partial charge in [0.15, 0.2) is 6.29 Å². The third kappa shape index (κ3) is 32.7. The van der Waals surface area contributed by atoms with E-state index in [2.05, 4.69) is 103 Å². The molecular weight excluding hydrogens is 813 g/mol. The number of rotatable bonds is 38. The molecule has 1 rings (SSSR count). The number of allylic oxidation sites excluding steroid dienone is 15. The van der Waals surface area contributed by atoms with Crippen molar-refractivity contribution in [3.63, 3.8) is 0 Å². The zero-order valence-corrected chi connectivity index (χ0v) is 38.5. The van der Waals surface area contributed by atoms with Crippen molar-refractivity contribution >= 4 is 16.4 Å². The van der Waals surface area contributed by atoms with Crippen molar-refractivity contribution in [2.75, 3.05) is 26.4 Å². The molecule has 0 aliphatic carbocycles. The Morgan fingerprint density at radius 3 is 1.63 bits per heavy atom. The molecule has 0 bridgehead atoms. The maximum Gasteiger partial charge on any atom is 0.397 e. The predicted octanol–water partition coefficient (Wildman–Crippen LogP) is 9.85. The molecule has 1 saturated heterocycles. The molecule has 6 atom stereocenters. The van der Waals surface area contributed by atoms with Gasteiger partial charge in [-0.2, -0.15) is 8.42 Å². The molecule has 0 spiro atoms. The van der Waals surface area contributed by atoms with E-state index in [9.17, 15) is 28.5 Å². The van der Waals surface area contributed by atoms with Crippen LogP contribution in [0.5, 0.6) is 0 Å². The molecular formula is C49H80O12S. The predicted molar refractivity (Wildman–Crippen MR) is 248 cm³/mol. The molecule has 1 fully saturated rings. The lowest BCUT2D eigenvalue weighted by atomic mass is 9.99. The van der Waals surface area contributed by atoms with Crippen LogP contribution in [0.15, 0.2) is 97.2 Å². The first kappa shape index (κ1) is 57.0. The van der Waals surface area contributed by atoms with Crippen molar-refractivity contribution in [2.24, 2.45) is 0 Å². The highest BCUT2D eigenvalue weighted by Gasteiger charge is 2.48. The fourth-order valence-electron chi connectivity index (χ4n) is 6.27. The molecule has 1 aliphatic heterocycles. The minimum atomic E-state index is -5.08. The lowest BCUT2D eigenvalue weighted by Crippen LogP contribution is -2.60. The minimum absolute atomic E-state index is 0.0302. The highest BCUT2D eigenvalue weighted by Crippen LogP contribution is 2.26. The largest absolute Gasteiger partial charge is 0.457 e. The number of aliphatic hydroxyl groups excluding tert-OH is 3. The van der Waals surface area contributed by atoms with Crippen LogP contribution in [0.3, 0.4) is 0 Å². The number of carbonyl (C=O) groups is 1. The summed E-state index contributed by atoms with van der Waals surface area (Å²) in [6.07, 6.45) is 44.6. The van der Waals surface area contributed by atoms with Crippen molar-refractivity contribution in [1.29, 1.82) is 0 Å². The maximum atomic E-state index is 12.9. The van der Waals surface area contributed by atoms with Gasteiger partial charge in [-0.15, -0.1) is 0 Å². The molecule has 4 N–H and O–H groups in total. The molecule has 1 aliphatic rings. The molecule has 1 heterocycles. The number of ether oxygens (including phenoxy) is 4. The second-order valence-corrected chi connectivity index (χ2v) is 16.3. The first-order valence-corrected chi connectivity index (χ1v) is 24.4. The number of unbranched alkanes of at least 4 members (excludes halogenated alkanes) is 9. The van der Waals surface area contributed by atoms with E-state index in [0.717, 1.165) is 83.5 Å². The van der Waals surface area contributed by atoms with Crippen LogP contribution in [-0.2, 0) is 38.3 Å². The fourth-order valence-corrected chi connectivity index (χ4v) is 6.78. The van der Waals surface area contributed by atoms with E-state index in [1.807, 2.05) is 12.2 Å². The van der Waals surface area contributed by atoms with E-state index in [4.69, 9.17) is 23.5 Å². The normalized spacial score (nSPS) is 20.9. The van der Waals surface area contributed by atoms with Crippen molar-refractivity contribution < 1.29 is 56.2 Å². The standard InChI is InChI=1S/C49H80O12S/c1-3-5-7-9-11-13-15-17-19-21-22-23-24-26-28-30-32-34-36-38-45(51)59-43(42-58-49-47(53)48(61-62(54,55)56)46(52)44(40-50)60-49)41-57-39-37-35-33-31-29-27-25-20-18-16-14-12-10-8-6-4-2/h6,8,11-14,17-20,22-23,27,29,33,35,43-44,46-50,52-53H,3-5,7,9-10,15-16,21,24-26,28,30-32,34,36-42H2,1-2H3,(H,54,55,56)/b8-6-,13-11-,14-12-,19-17-,20-18-,23-22-,29-27-,35-33-. The van der Waals surface area contributed by atoms with Gasteiger partial charge in [-0.3, -0.25) is 9.35 Å². The molecule has 12 nitrogen and oxygen atoms in total. The van der Waals surface area contributed by atoms with Gasteiger partial charge in [-0.1, -0.05) is 150 Å². The van der Waals surface area contributed by atoms with Crippen LogP contribution in [0.4, 0.5) is 0 Å². The van der Waals surface area contributed by atoms with Crippen LogP contribution >= 0.6 is 0 Å². The zero-order chi connectivity index (χ0) is 45.4. The summed E-state index contributed by atoms with van der Waals surface area (Å²) in [6.45, 7) is 3.58. The lowest BCUT2D eigenvalue weighted by molar-refractivity contribution is -0.301. The molecule has 6 unspecified atom stereocenters. The zero-order valence-electron chi connectivity index (χ0n) is 37.6. The van der Waals surface area contributed by atoms with Gasteiger partial charge in [0, 0.05) is 6.42 Å². The van der Waals surface area contributed by atoms with Gasteiger partial charge in [0.1, 0.15) is 30.5 Å². The minimum Gasteiger partial charge on any atom is -0.457 e. The van der Waals surface area contributed by atoms with E-state index >= 15 is 0 Å². The third-order valence-electron chi connectivity index (χ3n) is 9.71. The summed E-state index contributed by atoms with van der Waals surface area (Å²) >= 11 is 0. The van der Waals surface area contributed by atoms with Crippen molar-refractivity contribution in [3.8, 4) is 0 Å². The van der Waals surface area contributed by atoms with Crippen LogP contribution < -0.4 is 0 Å². The van der Waals surface area contributed by atoms with Gasteiger partial charge in [0.25, 0.3) is 0 Å². The average Bonchev–Trinajstić information content (AvgIpc) is 3.24. The highest BCUT2D eigenvalue weighted by molar-refractivity contribution is 7.80. The summed E-state index contributed by atoms with van der Waals surface area (Å²) in [6, 6.07) is 0. The Kier molecular flexibility index (Phi) is 36.4. The van der Waals surface area contributed by atoms with Crippen molar-refractivity contribution in [2.45, 2.75) is 179 Å². The first-order chi connectivity index (χ1) is 30.1. The SMILES string of the molecule is CC/C=C\C/C=C\C/C=C\C/C=C\C/C=C\CCOCC(COC1OC(CO)C(O)C(OS(=O)(=O)O)C1O)OC(=O)CCCCCCCC/C=C\C/C=C\C/C=C\CCCCC. The molecule has 0 amide bonds. The number of carbonyl (C=O) groups excluding carboxylic acids is 1. The van der Waals surface area contributed by atoms with Gasteiger partial charge in [0.05, 0.1) is 26.4 Å². The quantitative estimate of drug-likeness (QED) is 0.0200. The lowest BCUT2D eigenvalue weighted by Gasteiger charge is -2.41. The molecule has 0 saturated carbocycles. The maximum absolute atomic E-state index is 12.9. The summed E-state index contributed by atoms with van der Waals surface area (Å²) < 4.78 is 58.9. The van der Waals surface area contributed by atoms with E-state index in [1.54, 1.807) is 0 Å². The number of esters is 1. The van der Waals surface area contributed by atoms with E-state index in [1.165, 1.54) is 25.7 Å². The van der Waals surface area contributed by atoms with Gasteiger partial charge in [0.2, 0.25) is 0 Å². The second-order valence-electron chi connectivity index (χ2n) is 15.3. The Morgan fingerprint density at radius 2 is 1.11 bits per heavy atom. The summed E-state index contributed by atoms with van der Waals surface area (Å²) in [5.41, 5.74) is 0. The number of hydrogen-bond acceptors (Lipinski definition) is 11. The molecule has 62 heavy (non-hydrogen) atoms. The topological polar surface area (TPSA) is 178 Å². The number of hydrogen-bond donors (Lipinski definition) is 4. The van der Waals surface area contributed by atoms with Crippen LogP contribution in [0.25, 0.3) is 0 Å². The summed E-state index contributed by atoms with van der Waals surface area (Å²) in [4.78, 5) is 12.9. The molecule has 13 heteroatoms. The summed E-state index contributed by atoms with van der Waals surface area (Å²) in [5.74, 6) is -0.441. The second kappa shape index (κ2) is 39.6. The monoisotopic (exact) mass is 893 g/mol. The molecule has 0 aromatic rings. The van der Waals surface area contributed by atoms with Gasteiger partial charge < -0.3 is 34.3 Å². The molecule has 0 aromatic heterocycles. The Balaban J connectivity index is 2.49. The summed E-state index contributed by atoms with van der Waals surface area (Å²) in [5, 5.41) is 30.7. The van der Waals surface area contributed by atoms with Gasteiger partial charge >= 0.3 is 16.4 Å². The summed E-state index contributed by atoms with van der Waals surface area (Å²) in [7, 11) is -5.08. The smallest absolute Gasteiger partial charge is 0.397 e. The average molecular weight is 893 g/mol. The molecule has 0 radical (unpaired) electrons. The van der Waals surface area contributed by atoms with E-state index in [0.29, 0.717) is 19.4 Å². The Hall–Kier alpha value is -2.98. The first-order valence-electron chi connectivity index (χ1n) is 23.0. The highest BCUT2D eigenvalue weighted by atomic mass is 32.3. The number of aliphatic hydroxyl groups is 3. The van der Waals surface area contributed by atoms with E-state index < -0.39 is 59.8 Å². The van der Waals surface area contributed by atoms with E-state index in [-0.39, 0.29) is 19.6 Å². The van der Waals surface area contributed by atoms with Crippen LogP contribution in [0.2, 0.25) is 0 Å². The Morgan fingerprint density at radius 1 is 0.629 bits per heavy atom. The van der Waals surface area contributed by atoms with Crippen molar-refractivity contribution in [1.82, 2.24) is 0 Å². The fraction of sp³-hybridized carbons (Fsp3) is 0.653. The van der Waals surface area contributed by atoms with Crippen LogP contribution in [0, 0.1) is 0 Å². The molecule has 0 aromatic carbocycles. The molecule has 354 valence electrons. The third-order valence-corrected chi connectivity index (χ3v) is 10.2. The van der Waals surface area contributed by atoms with Crippen LogP contribution in [0.1, 0.15) is 142 Å². The van der Waals surface area contributed by atoms with Gasteiger partial charge in [-0.05, 0) is 83.5 Å². The Labute approximate surface area is 374 Å². The van der Waals surface area contributed by atoms with Crippen molar-refractivity contribution in [3.05, 3.63) is 97.2 Å². The Bertz CT molecular complexity index is 1450. The van der Waals surface area contributed by atoms with Gasteiger partial charge in [-0.25, -0.2) is 4.18 Å².